The first-order valence-electron chi connectivity index (χ1n) is 6.36. The molecule has 1 atom stereocenters. The largest absolute Gasteiger partial charge is 0.388 e. The summed E-state index contributed by atoms with van der Waals surface area (Å²) in [7, 11) is -3.07. The maximum atomic E-state index is 11.5. The van der Waals surface area contributed by atoms with Gasteiger partial charge in [-0.25, -0.2) is 8.42 Å². The van der Waals surface area contributed by atoms with E-state index in [-0.39, 0.29) is 11.5 Å². The second-order valence-corrected chi connectivity index (χ2v) is 7.22. The van der Waals surface area contributed by atoms with Gasteiger partial charge < -0.3 is 5.11 Å². The Morgan fingerprint density at radius 2 is 2.22 bits per heavy atom. The van der Waals surface area contributed by atoms with Crippen LogP contribution in [0.4, 0.5) is 0 Å². The van der Waals surface area contributed by atoms with Crippen molar-refractivity contribution in [2.45, 2.75) is 45.3 Å². The van der Waals surface area contributed by atoms with E-state index in [0.717, 1.165) is 24.4 Å². The topological polar surface area (TPSA) is 72.2 Å². The van der Waals surface area contributed by atoms with Gasteiger partial charge in [0, 0.05) is 18.7 Å². The maximum absolute atomic E-state index is 11.5. The summed E-state index contributed by atoms with van der Waals surface area (Å²) in [6.45, 7) is 4.75. The molecule has 1 aromatic rings. The lowest BCUT2D eigenvalue weighted by molar-refractivity contribution is 0.0660. The molecule has 6 heteroatoms. The molecule has 1 N–H and O–H groups in total. The van der Waals surface area contributed by atoms with E-state index >= 15 is 0 Å². The maximum Gasteiger partial charge on any atom is 0.153 e. The van der Waals surface area contributed by atoms with E-state index in [0.29, 0.717) is 12.8 Å². The van der Waals surface area contributed by atoms with Gasteiger partial charge in [-0.3, -0.25) is 4.68 Å². The van der Waals surface area contributed by atoms with E-state index in [1.165, 1.54) is 0 Å². The van der Waals surface area contributed by atoms with E-state index in [2.05, 4.69) is 5.10 Å². The molecule has 1 fully saturated rings. The normalized spacial score (nSPS) is 26.6. The van der Waals surface area contributed by atoms with Crippen LogP contribution in [0.2, 0.25) is 0 Å². The average molecular weight is 272 g/mol. The van der Waals surface area contributed by atoms with Crippen molar-refractivity contribution in [3.05, 3.63) is 17.5 Å². The predicted octanol–water partition coefficient (Wildman–Crippen LogP) is 0.557. The molecule has 2 rings (SSSR count). The van der Waals surface area contributed by atoms with Gasteiger partial charge in [0.05, 0.1) is 22.8 Å². The highest BCUT2D eigenvalue weighted by molar-refractivity contribution is 7.91. The van der Waals surface area contributed by atoms with Gasteiger partial charge in [-0.2, -0.15) is 5.10 Å². The van der Waals surface area contributed by atoms with Crippen LogP contribution >= 0.6 is 0 Å². The van der Waals surface area contributed by atoms with Crippen molar-refractivity contribution in [3.8, 4) is 0 Å². The summed E-state index contributed by atoms with van der Waals surface area (Å²) >= 11 is 0. The number of hydrogen-bond donors (Lipinski definition) is 1. The molecule has 1 aliphatic heterocycles. The van der Waals surface area contributed by atoms with E-state index in [4.69, 9.17) is 0 Å². The van der Waals surface area contributed by atoms with E-state index in [1.807, 2.05) is 24.6 Å². The molecule has 1 saturated heterocycles. The van der Waals surface area contributed by atoms with Gasteiger partial charge in [-0.1, -0.05) is 6.92 Å². The fraction of sp³-hybridized carbons (Fsp3) is 0.750. The standard InChI is InChI=1S/C12H20N2O3S/c1-3-10-7-11(14(4-2)13-10)8-12(15)5-6-18(16,17)9-12/h7,15H,3-6,8-9H2,1-2H3. The highest BCUT2D eigenvalue weighted by atomic mass is 32.2. The molecule has 0 saturated carbocycles. The van der Waals surface area contributed by atoms with Crippen LogP contribution in [0.15, 0.2) is 6.07 Å². The molecule has 1 unspecified atom stereocenters. The van der Waals surface area contributed by atoms with Crippen molar-refractivity contribution in [1.29, 1.82) is 0 Å². The minimum atomic E-state index is -3.07. The van der Waals surface area contributed by atoms with E-state index < -0.39 is 15.4 Å². The molecule has 1 aromatic heterocycles. The van der Waals surface area contributed by atoms with E-state index in [9.17, 15) is 13.5 Å². The molecule has 2 heterocycles. The van der Waals surface area contributed by atoms with Crippen LogP contribution < -0.4 is 0 Å². The Labute approximate surface area is 108 Å². The van der Waals surface area contributed by atoms with Gasteiger partial charge >= 0.3 is 0 Å². The average Bonchev–Trinajstić information content (AvgIpc) is 2.79. The first-order chi connectivity index (χ1) is 8.37. The fourth-order valence-electron chi connectivity index (χ4n) is 2.48. The zero-order valence-corrected chi connectivity index (χ0v) is 11.7. The molecule has 18 heavy (non-hydrogen) atoms. The molecule has 0 aromatic carbocycles. The Bertz CT molecular complexity index is 536. The van der Waals surface area contributed by atoms with Gasteiger partial charge in [-0.05, 0) is 25.8 Å². The molecule has 0 amide bonds. The minimum Gasteiger partial charge on any atom is -0.388 e. The van der Waals surface area contributed by atoms with Crippen LogP contribution in [-0.4, -0.2) is 40.4 Å². The third-order valence-corrected chi connectivity index (χ3v) is 5.26. The van der Waals surface area contributed by atoms with Gasteiger partial charge in [0.15, 0.2) is 9.84 Å². The van der Waals surface area contributed by atoms with Crippen molar-refractivity contribution >= 4 is 9.84 Å². The van der Waals surface area contributed by atoms with Gasteiger partial charge in [-0.15, -0.1) is 0 Å². The highest BCUT2D eigenvalue weighted by Crippen LogP contribution is 2.27. The van der Waals surface area contributed by atoms with Crippen LogP contribution in [0.3, 0.4) is 0 Å². The van der Waals surface area contributed by atoms with Crippen molar-refractivity contribution in [2.24, 2.45) is 0 Å². The highest BCUT2D eigenvalue weighted by Gasteiger charge is 2.41. The van der Waals surface area contributed by atoms with Gasteiger partial charge in [0.25, 0.3) is 0 Å². The van der Waals surface area contributed by atoms with Crippen LogP contribution in [-0.2, 0) is 29.2 Å². The third-order valence-electron chi connectivity index (χ3n) is 3.45. The molecule has 102 valence electrons. The smallest absolute Gasteiger partial charge is 0.153 e. The van der Waals surface area contributed by atoms with E-state index in [1.54, 1.807) is 0 Å². The predicted molar refractivity (Wildman–Crippen MR) is 69.2 cm³/mol. The van der Waals surface area contributed by atoms with Crippen molar-refractivity contribution in [3.63, 3.8) is 0 Å². The summed E-state index contributed by atoms with van der Waals surface area (Å²) in [5.74, 6) is -0.0409. The summed E-state index contributed by atoms with van der Waals surface area (Å²) in [4.78, 5) is 0. The molecule has 5 nitrogen and oxygen atoms in total. The Balaban J connectivity index is 2.21. The summed E-state index contributed by atoms with van der Waals surface area (Å²) < 4.78 is 24.8. The van der Waals surface area contributed by atoms with Gasteiger partial charge in [0.2, 0.25) is 0 Å². The summed E-state index contributed by atoms with van der Waals surface area (Å²) in [5.41, 5.74) is 0.793. The number of hydrogen-bond acceptors (Lipinski definition) is 4. The Kier molecular flexibility index (Phi) is 3.51. The SMILES string of the molecule is CCc1cc(CC2(O)CCS(=O)(=O)C2)n(CC)n1. The number of nitrogens with zero attached hydrogens (tertiary/aromatic N) is 2. The van der Waals surface area contributed by atoms with Crippen LogP contribution in [0.5, 0.6) is 0 Å². The fourth-order valence-corrected chi connectivity index (χ4v) is 4.38. The molecular weight excluding hydrogens is 252 g/mol. The van der Waals surface area contributed by atoms with Crippen molar-refractivity contribution < 1.29 is 13.5 Å². The molecule has 1 aliphatic rings. The number of rotatable bonds is 4. The number of sulfone groups is 1. The molecule has 0 spiro atoms. The molecule has 0 radical (unpaired) electrons. The van der Waals surface area contributed by atoms with Crippen LogP contribution in [0, 0.1) is 0 Å². The summed E-state index contributed by atoms with van der Waals surface area (Å²) in [5, 5.41) is 14.8. The van der Waals surface area contributed by atoms with Crippen LogP contribution in [0.25, 0.3) is 0 Å². The van der Waals surface area contributed by atoms with Crippen molar-refractivity contribution in [1.82, 2.24) is 9.78 Å². The van der Waals surface area contributed by atoms with Crippen LogP contribution in [0.1, 0.15) is 31.7 Å². The number of aromatic nitrogens is 2. The Hall–Kier alpha value is -0.880. The number of aryl methyl sites for hydroxylation is 2. The first-order valence-corrected chi connectivity index (χ1v) is 8.18. The number of aliphatic hydroxyl groups is 1. The first kappa shape index (κ1) is 13.5. The second kappa shape index (κ2) is 4.66. The molecule has 0 aliphatic carbocycles. The molecule has 0 bridgehead atoms. The van der Waals surface area contributed by atoms with Crippen molar-refractivity contribution in [2.75, 3.05) is 11.5 Å². The minimum absolute atomic E-state index is 0.0877. The lowest BCUT2D eigenvalue weighted by atomic mass is 9.97. The zero-order chi connectivity index (χ0) is 13.4. The lowest BCUT2D eigenvalue weighted by Gasteiger charge is -2.20. The third kappa shape index (κ3) is 2.75. The summed E-state index contributed by atoms with van der Waals surface area (Å²) in [6.07, 6.45) is 1.54. The Morgan fingerprint density at radius 1 is 1.50 bits per heavy atom. The van der Waals surface area contributed by atoms with Gasteiger partial charge in [0.1, 0.15) is 0 Å². The second-order valence-electron chi connectivity index (χ2n) is 5.04. The monoisotopic (exact) mass is 272 g/mol. The lowest BCUT2D eigenvalue weighted by Crippen LogP contribution is -2.33. The summed E-state index contributed by atoms with van der Waals surface area (Å²) in [6, 6.07) is 1.96. The Morgan fingerprint density at radius 3 is 2.72 bits per heavy atom. The zero-order valence-electron chi connectivity index (χ0n) is 10.9. The molecular formula is C12H20N2O3S. The quantitative estimate of drug-likeness (QED) is 0.869.